The van der Waals surface area contributed by atoms with Gasteiger partial charge in [-0.3, -0.25) is 0 Å². The van der Waals surface area contributed by atoms with Gasteiger partial charge in [0.15, 0.2) is 0 Å². The minimum atomic E-state index is 0.372. The molecule has 0 bridgehead atoms. The molecule has 1 aromatic rings. The molecule has 1 saturated carbocycles. The molecule has 2 nitrogen and oxygen atoms in total. The standard InChI is InChI=1S/C16H25NO/c1-13(2)12-17(14-7-4-3-5-8-14)15-9-6-10-16(18)11-15/h6,9-11,13-14,18H,3-5,7-8,12H2,1-2H3. The fourth-order valence-corrected chi connectivity index (χ4v) is 2.92. The van der Waals surface area contributed by atoms with E-state index >= 15 is 0 Å². The third-order valence-corrected chi connectivity index (χ3v) is 3.74. The normalized spacial score (nSPS) is 17.1. The Balaban J connectivity index is 2.18. The largest absolute Gasteiger partial charge is 0.508 e. The highest BCUT2D eigenvalue weighted by Crippen LogP contribution is 2.29. The maximum absolute atomic E-state index is 9.67. The van der Waals surface area contributed by atoms with Gasteiger partial charge in [0, 0.05) is 24.3 Å². The van der Waals surface area contributed by atoms with E-state index in [2.05, 4.69) is 24.8 Å². The van der Waals surface area contributed by atoms with E-state index in [-0.39, 0.29) is 0 Å². The van der Waals surface area contributed by atoms with Gasteiger partial charge in [-0.15, -0.1) is 0 Å². The molecule has 2 heteroatoms. The quantitative estimate of drug-likeness (QED) is 0.862. The predicted molar refractivity (Wildman–Crippen MR) is 77.2 cm³/mol. The number of hydrogen-bond donors (Lipinski definition) is 1. The van der Waals surface area contributed by atoms with E-state index in [0.29, 0.717) is 17.7 Å². The summed E-state index contributed by atoms with van der Waals surface area (Å²) in [5.41, 5.74) is 1.18. The van der Waals surface area contributed by atoms with Gasteiger partial charge in [-0.1, -0.05) is 39.2 Å². The maximum atomic E-state index is 9.67. The molecular formula is C16H25NO. The number of anilines is 1. The van der Waals surface area contributed by atoms with Crippen LogP contribution in [0.4, 0.5) is 5.69 Å². The molecule has 0 spiro atoms. The van der Waals surface area contributed by atoms with Crippen molar-refractivity contribution in [2.24, 2.45) is 5.92 Å². The highest BCUT2D eigenvalue weighted by Gasteiger charge is 2.22. The van der Waals surface area contributed by atoms with Crippen molar-refractivity contribution in [2.45, 2.75) is 52.0 Å². The van der Waals surface area contributed by atoms with Crippen LogP contribution in [-0.4, -0.2) is 17.7 Å². The monoisotopic (exact) mass is 247 g/mol. The topological polar surface area (TPSA) is 23.5 Å². The molecule has 0 amide bonds. The number of benzene rings is 1. The first kappa shape index (κ1) is 13.3. The lowest BCUT2D eigenvalue weighted by Gasteiger charge is -2.37. The van der Waals surface area contributed by atoms with Gasteiger partial charge in [0.2, 0.25) is 0 Å². The smallest absolute Gasteiger partial charge is 0.117 e. The summed E-state index contributed by atoms with van der Waals surface area (Å²) in [6, 6.07) is 8.37. The van der Waals surface area contributed by atoms with Crippen molar-refractivity contribution in [3.8, 4) is 5.75 Å². The summed E-state index contributed by atoms with van der Waals surface area (Å²) < 4.78 is 0. The van der Waals surface area contributed by atoms with Gasteiger partial charge in [-0.05, 0) is 30.9 Å². The van der Waals surface area contributed by atoms with E-state index in [1.54, 1.807) is 6.07 Å². The number of rotatable bonds is 4. The predicted octanol–water partition coefficient (Wildman–Crippen LogP) is 4.19. The lowest BCUT2D eigenvalue weighted by Crippen LogP contribution is -2.39. The summed E-state index contributed by atoms with van der Waals surface area (Å²) in [5, 5.41) is 9.67. The highest BCUT2D eigenvalue weighted by atomic mass is 16.3. The first-order chi connectivity index (χ1) is 8.66. The molecule has 0 aromatic heterocycles. The van der Waals surface area contributed by atoms with Crippen molar-refractivity contribution < 1.29 is 5.11 Å². The lowest BCUT2D eigenvalue weighted by atomic mass is 9.93. The zero-order valence-corrected chi connectivity index (χ0v) is 11.6. The van der Waals surface area contributed by atoms with Gasteiger partial charge < -0.3 is 10.0 Å². The number of hydrogen-bond acceptors (Lipinski definition) is 2. The molecule has 1 aliphatic rings. The molecule has 2 rings (SSSR count). The molecule has 18 heavy (non-hydrogen) atoms. The minimum absolute atomic E-state index is 0.372. The Morgan fingerprint density at radius 2 is 1.94 bits per heavy atom. The Hall–Kier alpha value is -1.18. The molecule has 1 fully saturated rings. The average molecular weight is 247 g/mol. The summed E-state index contributed by atoms with van der Waals surface area (Å²) >= 11 is 0. The van der Waals surface area contributed by atoms with Crippen LogP contribution in [0.25, 0.3) is 0 Å². The van der Waals surface area contributed by atoms with Crippen LogP contribution in [0, 0.1) is 5.92 Å². The Morgan fingerprint density at radius 3 is 2.56 bits per heavy atom. The molecule has 100 valence electrons. The summed E-state index contributed by atoms with van der Waals surface area (Å²) in [5.74, 6) is 1.02. The van der Waals surface area contributed by atoms with Crippen LogP contribution in [0.2, 0.25) is 0 Å². The zero-order valence-electron chi connectivity index (χ0n) is 11.6. The first-order valence-electron chi connectivity index (χ1n) is 7.22. The second kappa shape index (κ2) is 6.12. The molecule has 0 heterocycles. The molecule has 0 radical (unpaired) electrons. The number of phenolic OH excluding ortho intramolecular Hbond substituents is 1. The number of phenols is 1. The van der Waals surface area contributed by atoms with Gasteiger partial charge in [-0.25, -0.2) is 0 Å². The third kappa shape index (κ3) is 3.41. The Morgan fingerprint density at radius 1 is 1.22 bits per heavy atom. The second-order valence-electron chi connectivity index (χ2n) is 5.86. The van der Waals surface area contributed by atoms with Crippen LogP contribution in [-0.2, 0) is 0 Å². The summed E-state index contributed by atoms with van der Waals surface area (Å²) in [7, 11) is 0. The third-order valence-electron chi connectivity index (χ3n) is 3.74. The number of nitrogens with zero attached hydrogens (tertiary/aromatic N) is 1. The zero-order chi connectivity index (χ0) is 13.0. The summed E-state index contributed by atoms with van der Waals surface area (Å²) in [6.07, 6.45) is 6.66. The van der Waals surface area contributed by atoms with E-state index in [4.69, 9.17) is 0 Å². The van der Waals surface area contributed by atoms with Crippen LogP contribution in [0.5, 0.6) is 5.75 Å². The maximum Gasteiger partial charge on any atom is 0.117 e. The van der Waals surface area contributed by atoms with Crippen LogP contribution in [0.3, 0.4) is 0 Å². The Kier molecular flexibility index (Phi) is 4.51. The fraction of sp³-hybridized carbons (Fsp3) is 0.625. The van der Waals surface area contributed by atoms with Crippen molar-refractivity contribution in [1.29, 1.82) is 0 Å². The Bertz CT molecular complexity index is 369. The summed E-state index contributed by atoms with van der Waals surface area (Å²) in [6.45, 7) is 5.60. The molecule has 0 unspecified atom stereocenters. The fourth-order valence-electron chi connectivity index (χ4n) is 2.92. The van der Waals surface area contributed by atoms with Gasteiger partial charge >= 0.3 is 0 Å². The van der Waals surface area contributed by atoms with E-state index in [1.807, 2.05) is 12.1 Å². The SMILES string of the molecule is CC(C)CN(c1cccc(O)c1)C1CCCCC1. The Labute approximate surface area is 111 Å². The average Bonchev–Trinajstić information content (AvgIpc) is 2.37. The van der Waals surface area contributed by atoms with E-state index in [0.717, 1.165) is 6.54 Å². The molecule has 0 atom stereocenters. The lowest BCUT2D eigenvalue weighted by molar-refractivity contribution is 0.400. The van der Waals surface area contributed by atoms with E-state index in [9.17, 15) is 5.11 Å². The van der Waals surface area contributed by atoms with Crippen molar-refractivity contribution in [3.63, 3.8) is 0 Å². The first-order valence-corrected chi connectivity index (χ1v) is 7.22. The molecule has 1 N–H and O–H groups in total. The van der Waals surface area contributed by atoms with Crippen molar-refractivity contribution in [1.82, 2.24) is 0 Å². The highest BCUT2D eigenvalue weighted by molar-refractivity contribution is 5.51. The minimum Gasteiger partial charge on any atom is -0.508 e. The van der Waals surface area contributed by atoms with Gasteiger partial charge in [0.25, 0.3) is 0 Å². The van der Waals surface area contributed by atoms with Crippen LogP contribution in [0.15, 0.2) is 24.3 Å². The van der Waals surface area contributed by atoms with Crippen molar-refractivity contribution in [2.75, 3.05) is 11.4 Å². The molecule has 1 aliphatic carbocycles. The van der Waals surface area contributed by atoms with Crippen molar-refractivity contribution >= 4 is 5.69 Å². The van der Waals surface area contributed by atoms with Gasteiger partial charge in [-0.2, -0.15) is 0 Å². The van der Waals surface area contributed by atoms with E-state index in [1.165, 1.54) is 37.8 Å². The van der Waals surface area contributed by atoms with Crippen molar-refractivity contribution in [3.05, 3.63) is 24.3 Å². The molecule has 1 aromatic carbocycles. The van der Waals surface area contributed by atoms with Crippen LogP contribution in [0.1, 0.15) is 46.0 Å². The summed E-state index contributed by atoms with van der Waals surface area (Å²) in [4.78, 5) is 2.50. The van der Waals surface area contributed by atoms with Crippen LogP contribution < -0.4 is 4.90 Å². The second-order valence-corrected chi connectivity index (χ2v) is 5.86. The molecule has 0 aliphatic heterocycles. The van der Waals surface area contributed by atoms with Crippen LogP contribution >= 0.6 is 0 Å². The number of aromatic hydroxyl groups is 1. The van der Waals surface area contributed by atoms with E-state index < -0.39 is 0 Å². The van der Waals surface area contributed by atoms with Gasteiger partial charge in [0.1, 0.15) is 5.75 Å². The van der Waals surface area contributed by atoms with Gasteiger partial charge in [0.05, 0.1) is 0 Å². The molecular weight excluding hydrogens is 222 g/mol. The molecule has 0 saturated heterocycles.